The van der Waals surface area contributed by atoms with Crippen molar-refractivity contribution in [2.45, 2.75) is 44.3 Å². The zero-order chi connectivity index (χ0) is 20.8. The lowest BCUT2D eigenvalue weighted by Gasteiger charge is -2.28. The zero-order valence-electron chi connectivity index (χ0n) is 16.6. The first-order valence-electron chi connectivity index (χ1n) is 9.98. The molecule has 8 heteroatoms. The van der Waals surface area contributed by atoms with Crippen LogP contribution < -0.4 is 9.80 Å². The minimum absolute atomic E-state index is 0.00389. The zero-order valence-corrected chi connectivity index (χ0v) is 17.4. The van der Waals surface area contributed by atoms with Crippen molar-refractivity contribution < 1.29 is 17.2 Å². The standard InChI is InChI=1S/C21H25F2N3O2S/c1-3-24(4-2)29(27,28)15-10-11-19-20(13-15)26(21-9-6-12-25(19)21)14-16-17(22)7-5-8-18(16)23/h5,7-8,10-11,13,21H,3-4,6,9,12,14H2,1-2H3. The van der Waals surface area contributed by atoms with E-state index in [0.717, 1.165) is 25.1 Å². The Morgan fingerprint density at radius 1 is 1.07 bits per heavy atom. The van der Waals surface area contributed by atoms with Crippen LogP contribution in [0.15, 0.2) is 41.3 Å². The summed E-state index contributed by atoms with van der Waals surface area (Å²) >= 11 is 0. The van der Waals surface area contributed by atoms with Gasteiger partial charge in [0.25, 0.3) is 0 Å². The molecule has 1 atom stereocenters. The largest absolute Gasteiger partial charge is 0.349 e. The van der Waals surface area contributed by atoms with Gasteiger partial charge in [-0.1, -0.05) is 19.9 Å². The lowest BCUT2D eigenvalue weighted by molar-refractivity contribution is 0.445. The maximum Gasteiger partial charge on any atom is 0.243 e. The Bertz CT molecular complexity index is 1000. The number of hydrogen-bond acceptors (Lipinski definition) is 4. The van der Waals surface area contributed by atoms with E-state index in [9.17, 15) is 17.2 Å². The van der Waals surface area contributed by atoms with Gasteiger partial charge in [0.1, 0.15) is 17.8 Å². The van der Waals surface area contributed by atoms with Crippen LogP contribution in [-0.2, 0) is 16.6 Å². The minimum Gasteiger partial charge on any atom is -0.349 e. The molecule has 1 unspecified atom stereocenters. The van der Waals surface area contributed by atoms with E-state index in [1.165, 1.54) is 22.5 Å². The SMILES string of the molecule is CCN(CC)S(=O)(=O)c1ccc2c(c1)N(Cc1c(F)cccc1F)C1CCCN21. The summed E-state index contributed by atoms with van der Waals surface area (Å²) in [4.78, 5) is 4.34. The average molecular weight is 422 g/mol. The molecule has 29 heavy (non-hydrogen) atoms. The minimum atomic E-state index is -3.62. The van der Waals surface area contributed by atoms with E-state index in [4.69, 9.17) is 0 Å². The number of sulfonamides is 1. The molecule has 1 fully saturated rings. The first kappa shape index (κ1) is 20.1. The van der Waals surface area contributed by atoms with E-state index in [1.54, 1.807) is 26.0 Å². The number of fused-ring (bicyclic) bond motifs is 3. The highest BCUT2D eigenvalue weighted by Crippen LogP contribution is 2.46. The molecule has 2 aliphatic heterocycles. The van der Waals surface area contributed by atoms with Crippen molar-refractivity contribution in [2.24, 2.45) is 0 Å². The molecule has 2 aromatic carbocycles. The molecule has 0 spiro atoms. The topological polar surface area (TPSA) is 43.9 Å². The summed E-state index contributed by atoms with van der Waals surface area (Å²) in [6.07, 6.45) is 1.83. The number of anilines is 2. The second-order valence-electron chi connectivity index (χ2n) is 7.38. The van der Waals surface area contributed by atoms with Gasteiger partial charge >= 0.3 is 0 Å². The molecule has 5 nitrogen and oxygen atoms in total. The maximum atomic E-state index is 14.3. The van der Waals surface area contributed by atoms with Crippen molar-refractivity contribution >= 4 is 21.4 Å². The monoisotopic (exact) mass is 421 g/mol. The third kappa shape index (κ3) is 3.28. The maximum absolute atomic E-state index is 14.3. The highest BCUT2D eigenvalue weighted by molar-refractivity contribution is 7.89. The van der Waals surface area contributed by atoms with Crippen molar-refractivity contribution in [3.63, 3.8) is 0 Å². The van der Waals surface area contributed by atoms with Crippen LogP contribution in [0.3, 0.4) is 0 Å². The molecule has 2 aromatic rings. The molecule has 4 rings (SSSR count). The summed E-state index contributed by atoms with van der Waals surface area (Å²) in [7, 11) is -3.62. The van der Waals surface area contributed by atoms with Crippen LogP contribution in [0.1, 0.15) is 32.3 Å². The summed E-state index contributed by atoms with van der Waals surface area (Å²) in [6.45, 7) is 5.27. The smallest absolute Gasteiger partial charge is 0.243 e. The van der Waals surface area contributed by atoms with E-state index < -0.39 is 21.7 Å². The Kier molecular flexibility index (Phi) is 5.25. The highest BCUT2D eigenvalue weighted by Gasteiger charge is 2.40. The second-order valence-corrected chi connectivity index (χ2v) is 9.32. The van der Waals surface area contributed by atoms with Crippen LogP contribution in [0, 0.1) is 11.6 Å². The summed E-state index contributed by atoms with van der Waals surface area (Å²) in [5, 5.41) is 0. The fourth-order valence-electron chi connectivity index (χ4n) is 4.41. The number of rotatable bonds is 6. The van der Waals surface area contributed by atoms with E-state index >= 15 is 0 Å². The quantitative estimate of drug-likeness (QED) is 0.709. The van der Waals surface area contributed by atoms with Crippen LogP contribution in [0.4, 0.5) is 20.2 Å². The molecule has 0 N–H and O–H groups in total. The van der Waals surface area contributed by atoms with Gasteiger partial charge in [0.15, 0.2) is 0 Å². The lowest BCUT2D eigenvalue weighted by atomic mass is 10.1. The average Bonchev–Trinajstić information content (AvgIpc) is 3.27. The van der Waals surface area contributed by atoms with Gasteiger partial charge in [0, 0.05) is 25.2 Å². The molecule has 0 amide bonds. The van der Waals surface area contributed by atoms with E-state index in [1.807, 2.05) is 11.0 Å². The lowest BCUT2D eigenvalue weighted by Crippen LogP contribution is -2.38. The molecule has 0 aliphatic carbocycles. The number of halogens is 2. The first-order valence-corrected chi connectivity index (χ1v) is 11.4. The second kappa shape index (κ2) is 7.57. The normalized spacial score (nSPS) is 18.4. The van der Waals surface area contributed by atoms with Gasteiger partial charge in [-0.25, -0.2) is 17.2 Å². The van der Waals surface area contributed by atoms with Crippen LogP contribution in [0.2, 0.25) is 0 Å². The molecule has 2 aliphatic rings. The Labute approximate surface area is 170 Å². The van der Waals surface area contributed by atoms with Gasteiger partial charge in [-0.15, -0.1) is 0 Å². The number of nitrogens with zero attached hydrogens (tertiary/aromatic N) is 3. The van der Waals surface area contributed by atoms with Crippen molar-refractivity contribution in [3.05, 3.63) is 53.6 Å². The van der Waals surface area contributed by atoms with E-state index in [-0.39, 0.29) is 23.2 Å². The highest BCUT2D eigenvalue weighted by atomic mass is 32.2. The Morgan fingerprint density at radius 3 is 2.41 bits per heavy atom. The van der Waals surface area contributed by atoms with Gasteiger partial charge in [0.05, 0.1) is 22.8 Å². The van der Waals surface area contributed by atoms with Gasteiger partial charge in [-0.2, -0.15) is 4.31 Å². The summed E-state index contributed by atoms with van der Waals surface area (Å²) in [5.41, 5.74) is 1.64. The Hall–Kier alpha value is -2.19. The van der Waals surface area contributed by atoms with Gasteiger partial charge in [-0.3, -0.25) is 0 Å². The van der Waals surface area contributed by atoms with Crippen LogP contribution in [0.5, 0.6) is 0 Å². The molecule has 2 heterocycles. The molecule has 0 aromatic heterocycles. The molecule has 0 radical (unpaired) electrons. The molecule has 0 saturated carbocycles. The predicted octanol–water partition coefficient (Wildman–Crippen LogP) is 3.94. The van der Waals surface area contributed by atoms with E-state index in [2.05, 4.69) is 4.90 Å². The van der Waals surface area contributed by atoms with Crippen molar-refractivity contribution in [2.75, 3.05) is 29.4 Å². The van der Waals surface area contributed by atoms with Crippen molar-refractivity contribution in [3.8, 4) is 0 Å². The molecule has 0 bridgehead atoms. The van der Waals surface area contributed by atoms with Crippen molar-refractivity contribution in [1.29, 1.82) is 0 Å². The first-order chi connectivity index (χ1) is 13.9. The molecular weight excluding hydrogens is 396 g/mol. The third-order valence-corrected chi connectivity index (χ3v) is 7.93. The fraction of sp³-hybridized carbons (Fsp3) is 0.429. The number of hydrogen-bond donors (Lipinski definition) is 0. The fourth-order valence-corrected chi connectivity index (χ4v) is 5.89. The molecule has 1 saturated heterocycles. The van der Waals surface area contributed by atoms with Gasteiger partial charge < -0.3 is 9.80 Å². The van der Waals surface area contributed by atoms with Crippen molar-refractivity contribution in [1.82, 2.24) is 4.31 Å². The molecule has 156 valence electrons. The summed E-state index contributed by atoms with van der Waals surface area (Å²) < 4.78 is 56.0. The van der Waals surface area contributed by atoms with E-state index in [0.29, 0.717) is 18.8 Å². The number of benzene rings is 2. The predicted molar refractivity (Wildman–Crippen MR) is 109 cm³/mol. The van der Waals surface area contributed by atoms with Crippen LogP contribution in [0.25, 0.3) is 0 Å². The Balaban J connectivity index is 1.78. The third-order valence-electron chi connectivity index (χ3n) is 5.88. The Morgan fingerprint density at radius 2 is 1.76 bits per heavy atom. The van der Waals surface area contributed by atoms with Crippen LogP contribution >= 0.6 is 0 Å². The molecular formula is C21H25F2N3O2S. The summed E-state index contributed by atoms with van der Waals surface area (Å²) in [6, 6.07) is 8.96. The van der Waals surface area contributed by atoms with Crippen LogP contribution in [-0.4, -0.2) is 38.5 Å². The van der Waals surface area contributed by atoms with Gasteiger partial charge in [-0.05, 0) is 43.2 Å². The van der Waals surface area contributed by atoms with Gasteiger partial charge in [0.2, 0.25) is 10.0 Å². The summed E-state index contributed by atoms with van der Waals surface area (Å²) in [5.74, 6) is -1.18.